The number of hydrogen-bond donors (Lipinski definition) is 1. The molecular weight excluding hydrogens is 388 g/mol. The van der Waals surface area contributed by atoms with Crippen molar-refractivity contribution in [3.63, 3.8) is 0 Å². The molecule has 5 atom stereocenters. The predicted octanol–water partition coefficient (Wildman–Crippen LogP) is 3.70. The van der Waals surface area contributed by atoms with Gasteiger partial charge >= 0.3 is 0 Å². The minimum Gasteiger partial charge on any atom is -0.325 e. The fourth-order valence-corrected chi connectivity index (χ4v) is 5.76. The van der Waals surface area contributed by atoms with Crippen molar-refractivity contribution in [3.05, 3.63) is 65.2 Å². The van der Waals surface area contributed by atoms with E-state index in [0.717, 1.165) is 12.8 Å². The van der Waals surface area contributed by atoms with Gasteiger partial charge in [0, 0.05) is 10.7 Å². The van der Waals surface area contributed by atoms with E-state index >= 15 is 0 Å². The normalized spacial score (nSPS) is 30.0. The number of rotatable bonds is 4. The molecule has 2 bridgehead atoms. The third-order valence-electron chi connectivity index (χ3n) is 6.76. The van der Waals surface area contributed by atoms with Crippen LogP contribution >= 0.6 is 11.6 Å². The Morgan fingerprint density at radius 3 is 2.38 bits per heavy atom. The van der Waals surface area contributed by atoms with E-state index < -0.39 is 0 Å². The lowest BCUT2D eigenvalue weighted by atomic mass is 9.73. The Morgan fingerprint density at radius 2 is 1.66 bits per heavy atom. The molecule has 5 nitrogen and oxygen atoms in total. The van der Waals surface area contributed by atoms with Gasteiger partial charge in [0.2, 0.25) is 17.7 Å². The number of imide groups is 1. The first-order chi connectivity index (χ1) is 14.0. The van der Waals surface area contributed by atoms with Gasteiger partial charge in [0.25, 0.3) is 0 Å². The number of nitrogens with one attached hydrogen (secondary N) is 1. The minimum atomic E-state index is -0.374. The molecule has 3 fully saturated rings. The quantitative estimate of drug-likeness (QED) is 0.784. The average molecular weight is 409 g/mol. The van der Waals surface area contributed by atoms with Crippen molar-refractivity contribution < 1.29 is 14.4 Å². The number of anilines is 1. The van der Waals surface area contributed by atoms with E-state index in [9.17, 15) is 14.4 Å². The number of carbonyl (C=O) groups is 3. The number of amides is 3. The molecule has 3 amide bonds. The van der Waals surface area contributed by atoms with Gasteiger partial charge in [0.15, 0.2) is 0 Å². The van der Waals surface area contributed by atoms with E-state index in [0.29, 0.717) is 16.6 Å². The summed E-state index contributed by atoms with van der Waals surface area (Å²) in [5, 5.41) is 3.31. The van der Waals surface area contributed by atoms with Crippen molar-refractivity contribution in [1.29, 1.82) is 0 Å². The molecule has 1 aliphatic heterocycles. The number of fused-ring (bicyclic) bond motifs is 5. The molecule has 0 spiro atoms. The van der Waals surface area contributed by atoms with Crippen molar-refractivity contribution in [1.82, 2.24) is 4.90 Å². The SMILES string of the molecule is O=C(CN1C(=O)[C@@H]2[C@@H]3C[C@@H]([C@@H]2C1=O)[C@@H](c1ccccc1)C3)Nc1ccc(Cl)cc1. The topological polar surface area (TPSA) is 66.5 Å². The van der Waals surface area contributed by atoms with Gasteiger partial charge in [0.05, 0.1) is 11.8 Å². The van der Waals surface area contributed by atoms with Crippen molar-refractivity contribution in [2.45, 2.75) is 18.8 Å². The van der Waals surface area contributed by atoms with Gasteiger partial charge in [-0.05, 0) is 60.4 Å². The number of benzene rings is 2. The second-order valence-corrected chi connectivity index (χ2v) is 8.72. The third-order valence-corrected chi connectivity index (χ3v) is 7.02. The van der Waals surface area contributed by atoms with Crippen molar-refractivity contribution in [2.24, 2.45) is 23.7 Å². The minimum absolute atomic E-state index is 0.176. The monoisotopic (exact) mass is 408 g/mol. The van der Waals surface area contributed by atoms with Gasteiger partial charge in [-0.3, -0.25) is 19.3 Å². The molecule has 2 saturated carbocycles. The van der Waals surface area contributed by atoms with Crippen LogP contribution in [0, 0.1) is 23.7 Å². The molecule has 1 saturated heterocycles. The summed E-state index contributed by atoms with van der Waals surface area (Å²) in [4.78, 5) is 39.7. The van der Waals surface area contributed by atoms with E-state index in [1.54, 1.807) is 24.3 Å². The maximum absolute atomic E-state index is 13.1. The average Bonchev–Trinajstić information content (AvgIpc) is 3.38. The Morgan fingerprint density at radius 1 is 0.966 bits per heavy atom. The molecule has 0 unspecified atom stereocenters. The summed E-state index contributed by atoms with van der Waals surface area (Å²) >= 11 is 5.86. The Labute approximate surface area is 174 Å². The number of carbonyl (C=O) groups excluding carboxylic acids is 3. The number of halogens is 1. The van der Waals surface area contributed by atoms with Crippen LogP contribution in [0.1, 0.15) is 24.3 Å². The molecule has 1 heterocycles. The lowest BCUT2D eigenvalue weighted by Gasteiger charge is -2.28. The van der Waals surface area contributed by atoms with Gasteiger partial charge < -0.3 is 5.32 Å². The molecule has 6 heteroatoms. The highest BCUT2D eigenvalue weighted by atomic mass is 35.5. The summed E-state index contributed by atoms with van der Waals surface area (Å²) in [6.45, 7) is -0.233. The first-order valence-electron chi connectivity index (χ1n) is 9.98. The van der Waals surface area contributed by atoms with E-state index in [1.807, 2.05) is 18.2 Å². The summed E-state index contributed by atoms with van der Waals surface area (Å²) in [7, 11) is 0. The summed E-state index contributed by atoms with van der Waals surface area (Å²) in [6, 6.07) is 17.0. The van der Waals surface area contributed by atoms with Gasteiger partial charge in [0.1, 0.15) is 6.54 Å². The number of likely N-dealkylation sites (tertiary alicyclic amines) is 1. The molecular formula is C23H21ClN2O3. The first-order valence-corrected chi connectivity index (χ1v) is 10.4. The van der Waals surface area contributed by atoms with Crippen LogP contribution in [-0.2, 0) is 14.4 Å². The third kappa shape index (κ3) is 3.04. The Kier molecular flexibility index (Phi) is 4.43. The Hall–Kier alpha value is -2.66. The maximum atomic E-state index is 13.1. The fourth-order valence-electron chi connectivity index (χ4n) is 5.64. The molecule has 0 radical (unpaired) electrons. The second kappa shape index (κ2) is 6.99. The van der Waals surface area contributed by atoms with Crippen LogP contribution in [0.3, 0.4) is 0 Å². The Bertz CT molecular complexity index is 975. The van der Waals surface area contributed by atoms with E-state index in [4.69, 9.17) is 11.6 Å². The van der Waals surface area contributed by atoms with Crippen LogP contribution in [0.4, 0.5) is 5.69 Å². The molecule has 5 rings (SSSR count). The summed E-state index contributed by atoms with van der Waals surface area (Å²) in [6.07, 6.45) is 1.87. The summed E-state index contributed by atoms with van der Waals surface area (Å²) in [5.74, 6) is -0.526. The molecule has 29 heavy (non-hydrogen) atoms. The fraction of sp³-hybridized carbons (Fsp3) is 0.348. The lowest BCUT2D eigenvalue weighted by molar-refractivity contribution is -0.143. The van der Waals surface area contributed by atoms with E-state index in [1.165, 1.54) is 10.5 Å². The van der Waals surface area contributed by atoms with Crippen molar-refractivity contribution in [2.75, 3.05) is 11.9 Å². The molecule has 148 valence electrons. The van der Waals surface area contributed by atoms with Gasteiger partial charge in [-0.15, -0.1) is 0 Å². The highest BCUT2D eigenvalue weighted by Crippen LogP contribution is 2.61. The summed E-state index contributed by atoms with van der Waals surface area (Å²) in [5.41, 5.74) is 1.83. The molecule has 0 aromatic heterocycles. The molecule has 3 aliphatic rings. The van der Waals surface area contributed by atoms with Crippen LogP contribution in [0.2, 0.25) is 5.02 Å². The lowest BCUT2D eigenvalue weighted by Crippen LogP contribution is -2.39. The predicted molar refractivity (Wildman–Crippen MR) is 109 cm³/mol. The second-order valence-electron chi connectivity index (χ2n) is 8.28. The van der Waals surface area contributed by atoms with Crippen LogP contribution in [0.5, 0.6) is 0 Å². The van der Waals surface area contributed by atoms with Gasteiger partial charge in [-0.1, -0.05) is 41.9 Å². The number of nitrogens with zero attached hydrogens (tertiary/aromatic N) is 1. The van der Waals surface area contributed by atoms with Gasteiger partial charge in [-0.2, -0.15) is 0 Å². The molecule has 2 aromatic carbocycles. The zero-order valence-electron chi connectivity index (χ0n) is 15.8. The molecule has 2 aliphatic carbocycles. The maximum Gasteiger partial charge on any atom is 0.244 e. The van der Waals surface area contributed by atoms with Crippen LogP contribution in [0.15, 0.2) is 54.6 Å². The van der Waals surface area contributed by atoms with Crippen molar-refractivity contribution in [3.8, 4) is 0 Å². The van der Waals surface area contributed by atoms with Gasteiger partial charge in [-0.25, -0.2) is 0 Å². The van der Waals surface area contributed by atoms with E-state index in [-0.39, 0.29) is 47.9 Å². The number of hydrogen-bond acceptors (Lipinski definition) is 3. The summed E-state index contributed by atoms with van der Waals surface area (Å²) < 4.78 is 0. The van der Waals surface area contributed by atoms with E-state index in [2.05, 4.69) is 17.4 Å². The first kappa shape index (κ1) is 18.4. The Balaban J connectivity index is 1.31. The van der Waals surface area contributed by atoms with Crippen LogP contribution in [0.25, 0.3) is 0 Å². The van der Waals surface area contributed by atoms with Crippen LogP contribution in [-0.4, -0.2) is 29.2 Å². The zero-order valence-corrected chi connectivity index (χ0v) is 16.5. The van der Waals surface area contributed by atoms with Crippen molar-refractivity contribution >= 4 is 35.0 Å². The smallest absolute Gasteiger partial charge is 0.244 e. The highest BCUT2D eigenvalue weighted by Gasteiger charge is 2.63. The largest absolute Gasteiger partial charge is 0.325 e. The van der Waals surface area contributed by atoms with Crippen LogP contribution < -0.4 is 5.32 Å². The molecule has 1 N–H and O–H groups in total. The highest BCUT2D eigenvalue weighted by molar-refractivity contribution is 6.30. The molecule has 2 aromatic rings. The standard InChI is InChI=1S/C23H21ClN2O3/c24-15-6-8-16(9-7-15)25-19(27)12-26-22(28)20-14-10-17(13-4-2-1-3-5-13)18(11-14)21(20)23(26)29/h1-9,14,17-18,20-21H,10-12H2,(H,25,27)/t14-,17+,18+,20+,21-/m0/s1. The zero-order chi connectivity index (χ0) is 20.1.